The average molecular weight is 199 g/mol. The molecule has 1 rings (SSSR count). The molecule has 0 amide bonds. The first-order chi connectivity index (χ1) is 6.43. The van der Waals surface area contributed by atoms with Crippen molar-refractivity contribution in [2.24, 2.45) is 0 Å². The summed E-state index contributed by atoms with van der Waals surface area (Å²) in [6, 6.07) is 0. The minimum Gasteiger partial charge on any atom is -0.348 e. The second-order valence-corrected chi connectivity index (χ2v) is 4.16. The third kappa shape index (κ3) is 4.95. The van der Waals surface area contributed by atoms with Crippen molar-refractivity contribution in [2.45, 2.75) is 19.9 Å². The van der Waals surface area contributed by atoms with Crippen LogP contribution in [0.4, 0.5) is 0 Å². The summed E-state index contributed by atoms with van der Waals surface area (Å²) in [5.74, 6) is 3.49. The lowest BCUT2D eigenvalue weighted by Gasteiger charge is -2.01. The number of aromatic nitrogens is 2. The van der Waals surface area contributed by atoms with Crippen molar-refractivity contribution in [1.82, 2.24) is 15.3 Å². The molecule has 0 aliphatic heterocycles. The molecule has 0 atom stereocenters. The molecule has 0 unspecified atom stereocenters. The Balaban J connectivity index is 1.90. The SMILES string of the molecule is CCSCCCNCc1ncc[nH]1. The van der Waals surface area contributed by atoms with Gasteiger partial charge in [0, 0.05) is 12.4 Å². The van der Waals surface area contributed by atoms with Crippen molar-refractivity contribution in [2.75, 3.05) is 18.1 Å². The summed E-state index contributed by atoms with van der Waals surface area (Å²) in [6.45, 7) is 4.12. The third-order valence-corrected chi connectivity index (χ3v) is 2.68. The Labute approximate surface area is 83.7 Å². The molecule has 0 radical (unpaired) electrons. The van der Waals surface area contributed by atoms with Crippen LogP contribution in [0.1, 0.15) is 19.2 Å². The van der Waals surface area contributed by atoms with Gasteiger partial charge in [-0.1, -0.05) is 6.92 Å². The summed E-state index contributed by atoms with van der Waals surface area (Å²) >= 11 is 1.99. The van der Waals surface area contributed by atoms with E-state index < -0.39 is 0 Å². The molecule has 0 aromatic carbocycles. The quantitative estimate of drug-likeness (QED) is 0.656. The topological polar surface area (TPSA) is 40.7 Å². The lowest BCUT2D eigenvalue weighted by molar-refractivity contribution is 0.658. The minimum absolute atomic E-state index is 0.851. The monoisotopic (exact) mass is 199 g/mol. The van der Waals surface area contributed by atoms with Crippen molar-refractivity contribution in [3.05, 3.63) is 18.2 Å². The fraction of sp³-hybridized carbons (Fsp3) is 0.667. The first-order valence-corrected chi connectivity index (χ1v) is 5.85. The van der Waals surface area contributed by atoms with Crippen LogP contribution in [0.2, 0.25) is 0 Å². The highest BCUT2D eigenvalue weighted by Crippen LogP contribution is 1.99. The van der Waals surface area contributed by atoms with Crippen molar-refractivity contribution < 1.29 is 0 Å². The molecule has 0 fully saturated rings. The first kappa shape index (κ1) is 10.6. The lowest BCUT2D eigenvalue weighted by atomic mass is 10.4. The van der Waals surface area contributed by atoms with E-state index in [1.807, 2.05) is 18.0 Å². The fourth-order valence-electron chi connectivity index (χ4n) is 1.05. The maximum absolute atomic E-state index is 4.13. The molecular formula is C9H17N3S. The van der Waals surface area contributed by atoms with Crippen LogP contribution in [0, 0.1) is 0 Å². The first-order valence-electron chi connectivity index (χ1n) is 4.70. The van der Waals surface area contributed by atoms with Gasteiger partial charge in [0.1, 0.15) is 5.82 Å². The van der Waals surface area contributed by atoms with Crippen LogP contribution in [-0.2, 0) is 6.54 Å². The molecule has 0 bridgehead atoms. The molecule has 0 spiro atoms. The molecule has 0 aliphatic rings. The number of hydrogen-bond acceptors (Lipinski definition) is 3. The highest BCUT2D eigenvalue weighted by molar-refractivity contribution is 7.99. The molecule has 13 heavy (non-hydrogen) atoms. The molecular weight excluding hydrogens is 182 g/mol. The van der Waals surface area contributed by atoms with E-state index in [1.165, 1.54) is 17.9 Å². The predicted octanol–water partition coefficient (Wildman–Crippen LogP) is 1.64. The summed E-state index contributed by atoms with van der Waals surface area (Å²) in [6.07, 6.45) is 4.87. The molecule has 1 heterocycles. The Morgan fingerprint density at radius 2 is 2.54 bits per heavy atom. The van der Waals surface area contributed by atoms with Gasteiger partial charge in [0.2, 0.25) is 0 Å². The van der Waals surface area contributed by atoms with Gasteiger partial charge in [0.15, 0.2) is 0 Å². The van der Waals surface area contributed by atoms with Gasteiger partial charge < -0.3 is 10.3 Å². The van der Waals surface area contributed by atoms with E-state index in [0.717, 1.165) is 18.9 Å². The third-order valence-electron chi connectivity index (χ3n) is 1.69. The van der Waals surface area contributed by atoms with Crippen molar-refractivity contribution in [3.63, 3.8) is 0 Å². The smallest absolute Gasteiger partial charge is 0.120 e. The zero-order valence-corrected chi connectivity index (χ0v) is 8.86. The Bertz CT molecular complexity index is 199. The van der Waals surface area contributed by atoms with Crippen molar-refractivity contribution in [1.29, 1.82) is 0 Å². The highest BCUT2D eigenvalue weighted by Gasteiger charge is 1.92. The second-order valence-electron chi connectivity index (χ2n) is 2.76. The highest BCUT2D eigenvalue weighted by atomic mass is 32.2. The van der Waals surface area contributed by atoms with Gasteiger partial charge in [-0.05, 0) is 24.5 Å². The van der Waals surface area contributed by atoms with Gasteiger partial charge in [-0.25, -0.2) is 4.98 Å². The number of rotatable bonds is 7. The van der Waals surface area contributed by atoms with E-state index in [0.29, 0.717) is 0 Å². The number of H-pyrrole nitrogens is 1. The molecule has 4 heteroatoms. The number of nitrogens with zero attached hydrogens (tertiary/aromatic N) is 1. The second kappa shape index (κ2) is 6.97. The minimum atomic E-state index is 0.851. The van der Waals surface area contributed by atoms with Crippen LogP contribution >= 0.6 is 11.8 Å². The van der Waals surface area contributed by atoms with E-state index >= 15 is 0 Å². The van der Waals surface area contributed by atoms with E-state index in [4.69, 9.17) is 0 Å². The summed E-state index contributed by atoms with van der Waals surface area (Å²) in [5.41, 5.74) is 0. The molecule has 1 aromatic rings. The summed E-state index contributed by atoms with van der Waals surface area (Å²) in [5, 5.41) is 3.34. The predicted molar refractivity (Wildman–Crippen MR) is 57.9 cm³/mol. The van der Waals surface area contributed by atoms with Gasteiger partial charge in [0.05, 0.1) is 6.54 Å². The average Bonchev–Trinajstić information content (AvgIpc) is 2.63. The molecule has 0 saturated carbocycles. The molecule has 0 aliphatic carbocycles. The van der Waals surface area contributed by atoms with Gasteiger partial charge in [-0.15, -0.1) is 0 Å². The number of imidazole rings is 1. The number of hydrogen-bond donors (Lipinski definition) is 2. The van der Waals surface area contributed by atoms with Crippen molar-refractivity contribution in [3.8, 4) is 0 Å². The Morgan fingerprint density at radius 1 is 1.62 bits per heavy atom. The zero-order chi connectivity index (χ0) is 9.36. The molecule has 0 saturated heterocycles. The molecule has 1 aromatic heterocycles. The maximum Gasteiger partial charge on any atom is 0.120 e. The standard InChI is InChI=1S/C9H17N3S/c1-2-13-7-3-4-10-8-9-11-5-6-12-9/h5-6,10H,2-4,7-8H2,1H3,(H,11,12). The summed E-state index contributed by atoms with van der Waals surface area (Å²) in [7, 11) is 0. The van der Waals surface area contributed by atoms with Gasteiger partial charge in [-0.3, -0.25) is 0 Å². The van der Waals surface area contributed by atoms with E-state index in [-0.39, 0.29) is 0 Å². The normalized spacial score (nSPS) is 10.5. The van der Waals surface area contributed by atoms with Gasteiger partial charge >= 0.3 is 0 Å². The Hall–Kier alpha value is -0.480. The van der Waals surface area contributed by atoms with E-state index in [1.54, 1.807) is 6.20 Å². The maximum atomic E-state index is 4.13. The Morgan fingerprint density at radius 3 is 3.23 bits per heavy atom. The van der Waals surface area contributed by atoms with Crippen LogP contribution in [0.5, 0.6) is 0 Å². The van der Waals surface area contributed by atoms with Gasteiger partial charge in [0.25, 0.3) is 0 Å². The van der Waals surface area contributed by atoms with Crippen LogP contribution in [0.25, 0.3) is 0 Å². The van der Waals surface area contributed by atoms with E-state index in [2.05, 4.69) is 22.2 Å². The number of aromatic amines is 1. The molecule has 2 N–H and O–H groups in total. The number of nitrogens with one attached hydrogen (secondary N) is 2. The summed E-state index contributed by atoms with van der Waals surface area (Å²) < 4.78 is 0. The number of thioether (sulfide) groups is 1. The fourth-order valence-corrected chi connectivity index (χ4v) is 1.68. The van der Waals surface area contributed by atoms with E-state index in [9.17, 15) is 0 Å². The zero-order valence-electron chi connectivity index (χ0n) is 8.05. The van der Waals surface area contributed by atoms with Crippen LogP contribution in [0.3, 0.4) is 0 Å². The Kier molecular flexibility index (Phi) is 5.69. The molecule has 74 valence electrons. The largest absolute Gasteiger partial charge is 0.348 e. The van der Waals surface area contributed by atoms with Crippen LogP contribution < -0.4 is 5.32 Å². The van der Waals surface area contributed by atoms with Crippen molar-refractivity contribution >= 4 is 11.8 Å². The molecule has 3 nitrogen and oxygen atoms in total. The van der Waals surface area contributed by atoms with Crippen LogP contribution in [0.15, 0.2) is 12.4 Å². The summed E-state index contributed by atoms with van der Waals surface area (Å²) in [4.78, 5) is 7.19. The lowest BCUT2D eigenvalue weighted by Crippen LogP contribution is -2.16. The van der Waals surface area contributed by atoms with Gasteiger partial charge in [-0.2, -0.15) is 11.8 Å². The van der Waals surface area contributed by atoms with Crippen LogP contribution in [-0.4, -0.2) is 28.0 Å².